The van der Waals surface area contributed by atoms with Gasteiger partial charge in [0.1, 0.15) is 23.2 Å². The standard InChI is InChI=1S/C22H27NO5S/c1-4-22(2,3)12-15-13-29(28)20-17(19(25)23(20)18(15)21(26)27)11-16(24)10-14-8-6-5-7-9-14/h5-9,17,20H,4,10-13H2,1-3H3,(H,26,27). The molecule has 0 bridgehead atoms. The highest BCUT2D eigenvalue weighted by Crippen LogP contribution is 2.44. The highest BCUT2D eigenvalue weighted by Gasteiger charge is 2.60. The molecule has 1 aromatic rings. The highest BCUT2D eigenvalue weighted by molar-refractivity contribution is 7.92. The van der Waals surface area contributed by atoms with Crippen LogP contribution in [0.4, 0.5) is 0 Å². The van der Waals surface area contributed by atoms with Crippen molar-refractivity contribution in [2.75, 3.05) is 5.75 Å². The molecule has 0 saturated carbocycles. The molecule has 29 heavy (non-hydrogen) atoms. The Morgan fingerprint density at radius 3 is 2.52 bits per heavy atom. The number of hydrogen-bond donors (Lipinski definition) is 1. The molecule has 0 aliphatic carbocycles. The van der Waals surface area contributed by atoms with Gasteiger partial charge in [0.05, 0.1) is 0 Å². The van der Waals surface area contributed by atoms with Gasteiger partial charge >= 0.3 is 5.97 Å². The summed E-state index contributed by atoms with van der Waals surface area (Å²) in [5.41, 5.74) is 1.24. The largest absolute Gasteiger partial charge is 0.614 e. The first-order valence-electron chi connectivity index (χ1n) is 9.86. The van der Waals surface area contributed by atoms with E-state index >= 15 is 0 Å². The Labute approximate surface area is 174 Å². The molecule has 1 fully saturated rings. The van der Waals surface area contributed by atoms with Crippen LogP contribution in [0.15, 0.2) is 41.6 Å². The zero-order valence-electron chi connectivity index (χ0n) is 17.0. The Balaban J connectivity index is 1.78. The van der Waals surface area contributed by atoms with Crippen LogP contribution in [0.25, 0.3) is 0 Å². The fourth-order valence-corrected chi connectivity index (χ4v) is 5.76. The van der Waals surface area contributed by atoms with E-state index in [-0.39, 0.29) is 35.5 Å². The number of amides is 1. The Morgan fingerprint density at radius 2 is 1.93 bits per heavy atom. The molecule has 0 radical (unpaired) electrons. The van der Waals surface area contributed by atoms with Crippen molar-refractivity contribution in [3.63, 3.8) is 0 Å². The van der Waals surface area contributed by atoms with Crippen LogP contribution >= 0.6 is 0 Å². The SMILES string of the molecule is CCC(C)(C)CC1=C(C(=O)O)N2C(=O)C(CC(=O)Cc3ccccc3)C2[S+]([O-])C1. The summed E-state index contributed by atoms with van der Waals surface area (Å²) in [7, 11) is 0. The summed E-state index contributed by atoms with van der Waals surface area (Å²) in [5, 5.41) is 9.03. The second-order valence-electron chi connectivity index (χ2n) is 8.59. The smallest absolute Gasteiger partial charge is 0.352 e. The van der Waals surface area contributed by atoms with E-state index < -0.39 is 34.3 Å². The van der Waals surface area contributed by atoms with E-state index in [9.17, 15) is 24.0 Å². The molecule has 0 aromatic heterocycles. The number of carboxylic acid groups (broad SMARTS) is 1. The summed E-state index contributed by atoms with van der Waals surface area (Å²) in [6.07, 6.45) is 1.51. The molecule has 3 unspecified atom stereocenters. The maximum absolute atomic E-state index is 12.9. The van der Waals surface area contributed by atoms with Gasteiger partial charge in [0.15, 0.2) is 0 Å². The summed E-state index contributed by atoms with van der Waals surface area (Å²) in [6, 6.07) is 9.25. The lowest BCUT2D eigenvalue weighted by Gasteiger charge is -2.49. The van der Waals surface area contributed by atoms with Gasteiger partial charge in [-0.25, -0.2) is 4.79 Å². The molecule has 3 atom stereocenters. The third-order valence-electron chi connectivity index (χ3n) is 5.86. The number of β-lactam (4-membered cyclic amide) rings is 1. The van der Waals surface area contributed by atoms with E-state index in [1.54, 1.807) is 0 Å². The Kier molecular flexibility index (Phi) is 6.19. The monoisotopic (exact) mass is 417 g/mol. The summed E-state index contributed by atoms with van der Waals surface area (Å²) in [4.78, 5) is 38.3. The van der Waals surface area contributed by atoms with Crippen LogP contribution in [0.5, 0.6) is 0 Å². The van der Waals surface area contributed by atoms with Crippen molar-refractivity contribution >= 4 is 28.8 Å². The maximum Gasteiger partial charge on any atom is 0.352 e. The number of rotatable bonds is 8. The van der Waals surface area contributed by atoms with Crippen molar-refractivity contribution in [1.82, 2.24) is 4.90 Å². The van der Waals surface area contributed by atoms with Gasteiger partial charge in [-0.1, -0.05) is 57.5 Å². The number of carbonyl (C=O) groups is 3. The molecule has 1 amide bonds. The van der Waals surface area contributed by atoms with Crippen molar-refractivity contribution in [2.45, 2.75) is 51.8 Å². The van der Waals surface area contributed by atoms with E-state index in [0.717, 1.165) is 12.0 Å². The topological polar surface area (TPSA) is 97.7 Å². The normalized spacial score (nSPS) is 24.2. The van der Waals surface area contributed by atoms with E-state index in [2.05, 4.69) is 0 Å². The van der Waals surface area contributed by atoms with Crippen LogP contribution in [0.3, 0.4) is 0 Å². The second-order valence-corrected chi connectivity index (χ2v) is 10.1. The van der Waals surface area contributed by atoms with Crippen LogP contribution < -0.4 is 0 Å². The summed E-state index contributed by atoms with van der Waals surface area (Å²) < 4.78 is 12.9. The number of fused-ring (bicyclic) bond motifs is 1. The maximum atomic E-state index is 12.9. The minimum atomic E-state index is -1.41. The van der Waals surface area contributed by atoms with Crippen LogP contribution in [0, 0.1) is 11.3 Å². The average Bonchev–Trinajstić information content (AvgIpc) is 2.66. The second kappa shape index (κ2) is 8.32. The van der Waals surface area contributed by atoms with Crippen molar-refractivity contribution in [3.05, 3.63) is 47.2 Å². The quantitative estimate of drug-likeness (QED) is 0.518. The van der Waals surface area contributed by atoms with Crippen molar-refractivity contribution in [1.29, 1.82) is 0 Å². The molecule has 156 valence electrons. The number of Topliss-reactive ketones (excluding diaryl/α,β-unsaturated/α-hetero) is 1. The molecule has 6 nitrogen and oxygen atoms in total. The highest BCUT2D eigenvalue weighted by atomic mass is 32.2. The zero-order valence-corrected chi connectivity index (χ0v) is 17.8. The fourth-order valence-electron chi connectivity index (χ4n) is 3.98. The molecule has 2 heterocycles. The number of benzene rings is 1. The first-order chi connectivity index (χ1) is 13.6. The molecular weight excluding hydrogens is 390 g/mol. The number of hydrogen-bond acceptors (Lipinski definition) is 4. The summed E-state index contributed by atoms with van der Waals surface area (Å²) in [6.45, 7) is 6.07. The Bertz CT molecular complexity index is 848. The molecule has 7 heteroatoms. The van der Waals surface area contributed by atoms with E-state index in [4.69, 9.17) is 0 Å². The molecule has 0 spiro atoms. The Hall–Kier alpha value is -2.12. The van der Waals surface area contributed by atoms with Gasteiger partial charge in [0.2, 0.25) is 11.3 Å². The summed E-state index contributed by atoms with van der Waals surface area (Å²) >= 11 is -1.41. The molecule has 3 rings (SSSR count). The zero-order chi connectivity index (χ0) is 21.3. The van der Waals surface area contributed by atoms with Crippen molar-refractivity contribution in [2.24, 2.45) is 11.3 Å². The van der Waals surface area contributed by atoms with E-state index in [0.29, 0.717) is 12.0 Å². The minimum Gasteiger partial charge on any atom is -0.614 e. The van der Waals surface area contributed by atoms with Crippen molar-refractivity contribution < 1.29 is 24.0 Å². The number of ketones is 1. The number of carboxylic acids is 1. The van der Waals surface area contributed by atoms with Crippen molar-refractivity contribution in [3.8, 4) is 0 Å². The van der Waals surface area contributed by atoms with Gasteiger partial charge in [-0.2, -0.15) is 0 Å². The van der Waals surface area contributed by atoms with Gasteiger partial charge in [0.25, 0.3) is 0 Å². The third-order valence-corrected chi connectivity index (χ3v) is 7.57. The van der Waals surface area contributed by atoms with Crippen LogP contribution in [0.2, 0.25) is 0 Å². The van der Waals surface area contributed by atoms with Gasteiger partial charge < -0.3 is 9.66 Å². The molecule has 1 aromatic carbocycles. The van der Waals surface area contributed by atoms with Crippen LogP contribution in [0.1, 0.15) is 45.6 Å². The van der Waals surface area contributed by atoms with Gasteiger partial charge in [-0.15, -0.1) is 0 Å². The first kappa shape index (κ1) is 21.6. The molecule has 1 saturated heterocycles. The number of carbonyl (C=O) groups excluding carboxylic acids is 2. The first-order valence-corrected chi connectivity index (χ1v) is 11.2. The predicted octanol–water partition coefficient (Wildman–Crippen LogP) is 2.90. The van der Waals surface area contributed by atoms with Crippen LogP contribution in [-0.2, 0) is 32.0 Å². The van der Waals surface area contributed by atoms with Gasteiger partial charge in [-0.3, -0.25) is 14.5 Å². The lowest BCUT2D eigenvalue weighted by molar-refractivity contribution is -0.154. The average molecular weight is 418 g/mol. The number of nitrogens with zero attached hydrogens (tertiary/aromatic N) is 1. The lowest BCUT2D eigenvalue weighted by atomic mass is 9.82. The number of aliphatic carboxylic acids is 1. The predicted molar refractivity (Wildman–Crippen MR) is 110 cm³/mol. The van der Waals surface area contributed by atoms with E-state index in [1.807, 2.05) is 51.1 Å². The molecular formula is C22H27NO5S. The van der Waals surface area contributed by atoms with Crippen LogP contribution in [-0.4, -0.2) is 43.3 Å². The summed E-state index contributed by atoms with van der Waals surface area (Å²) in [5.74, 6) is -2.25. The minimum absolute atomic E-state index is 0.0106. The molecule has 2 aliphatic rings. The van der Waals surface area contributed by atoms with Gasteiger partial charge in [0, 0.05) is 18.4 Å². The lowest BCUT2D eigenvalue weighted by Crippen LogP contribution is -2.67. The molecule has 2 aliphatic heterocycles. The van der Waals surface area contributed by atoms with Gasteiger partial charge in [-0.05, 0) is 28.6 Å². The fraction of sp³-hybridized carbons (Fsp3) is 0.500. The molecule has 1 N–H and O–H groups in total. The van der Waals surface area contributed by atoms with E-state index in [1.165, 1.54) is 4.90 Å². The third kappa shape index (κ3) is 4.41. The Morgan fingerprint density at radius 1 is 1.28 bits per heavy atom.